The lowest BCUT2D eigenvalue weighted by Crippen LogP contribution is -2.43. The number of rotatable bonds is 6. The third-order valence-electron chi connectivity index (χ3n) is 5.07. The number of hydrogen-bond acceptors (Lipinski definition) is 6. The summed E-state index contributed by atoms with van der Waals surface area (Å²) in [6, 6.07) is 7.45. The van der Waals surface area contributed by atoms with Crippen molar-refractivity contribution in [3.63, 3.8) is 0 Å². The van der Waals surface area contributed by atoms with E-state index in [1.165, 1.54) is 25.4 Å². The molecule has 1 N–H and O–H groups in total. The summed E-state index contributed by atoms with van der Waals surface area (Å²) < 4.78 is 43.5. The second kappa shape index (κ2) is 9.34. The molecule has 0 aliphatic carbocycles. The highest BCUT2D eigenvalue weighted by Gasteiger charge is 2.39. The third-order valence-corrected chi connectivity index (χ3v) is 5.07. The summed E-state index contributed by atoms with van der Waals surface area (Å²) in [6.07, 6.45) is -2.68. The van der Waals surface area contributed by atoms with Crippen molar-refractivity contribution in [2.75, 3.05) is 25.2 Å². The third kappa shape index (κ3) is 5.13. The predicted molar refractivity (Wildman–Crippen MR) is 105 cm³/mol. The van der Waals surface area contributed by atoms with Crippen LogP contribution >= 0.6 is 0 Å². The van der Waals surface area contributed by atoms with Crippen LogP contribution in [0.5, 0.6) is 0 Å². The molecule has 0 radical (unpaired) electrons. The van der Waals surface area contributed by atoms with Crippen molar-refractivity contribution < 1.29 is 32.3 Å². The molecule has 0 bridgehead atoms. The van der Waals surface area contributed by atoms with Crippen molar-refractivity contribution in [1.29, 1.82) is 0 Å². The Bertz CT molecular complexity index is 917. The predicted octanol–water partition coefficient (Wildman–Crippen LogP) is 3.32. The molecule has 2 aromatic rings. The van der Waals surface area contributed by atoms with Crippen LogP contribution in [0.25, 0.3) is 0 Å². The van der Waals surface area contributed by atoms with E-state index in [1.807, 2.05) is 0 Å². The van der Waals surface area contributed by atoms with Gasteiger partial charge in [0.2, 0.25) is 0 Å². The molecule has 10 heteroatoms. The molecule has 0 spiro atoms. The summed E-state index contributed by atoms with van der Waals surface area (Å²) in [7, 11) is 1.32. The van der Waals surface area contributed by atoms with Crippen LogP contribution in [0.4, 0.5) is 19.0 Å². The number of pyridine rings is 1. The number of carbonyl (C=O) groups is 2. The van der Waals surface area contributed by atoms with Gasteiger partial charge in [0.1, 0.15) is 11.9 Å². The summed E-state index contributed by atoms with van der Waals surface area (Å²) in [5, 5.41) is 0. The maximum atomic E-state index is 12.9. The van der Waals surface area contributed by atoms with E-state index in [4.69, 9.17) is 9.57 Å². The molecule has 1 saturated heterocycles. The van der Waals surface area contributed by atoms with Crippen LogP contribution in [-0.2, 0) is 20.5 Å². The molecule has 1 unspecified atom stereocenters. The first-order valence-corrected chi connectivity index (χ1v) is 9.64. The Hall–Kier alpha value is -3.14. The number of nitrogens with one attached hydrogen (secondary N) is 1. The number of nitrogens with zero attached hydrogens (tertiary/aromatic N) is 2. The average Bonchev–Trinajstić information content (AvgIpc) is 3.19. The standard InChI is InChI=1S/C21H22F3N3O4/c1-3-31-20(29)14-6-9-18(25-11-14)27-12-15(10-17(27)19(28)26-30-2)13-4-7-16(8-5-13)21(22,23)24/h4-9,11,15,17H,3,10,12H2,1-2H3,(H,26,28)/t15?,17-/m0/s1. The number of carbonyl (C=O) groups excluding carboxylic acids is 2. The molecule has 2 heterocycles. The van der Waals surface area contributed by atoms with Gasteiger partial charge in [-0.05, 0) is 43.2 Å². The van der Waals surface area contributed by atoms with E-state index in [0.717, 1.165) is 12.1 Å². The molecule has 31 heavy (non-hydrogen) atoms. The van der Waals surface area contributed by atoms with Crippen molar-refractivity contribution in [1.82, 2.24) is 10.5 Å². The van der Waals surface area contributed by atoms with Crippen LogP contribution in [0.3, 0.4) is 0 Å². The summed E-state index contributed by atoms with van der Waals surface area (Å²) in [4.78, 5) is 35.1. The van der Waals surface area contributed by atoms with Crippen molar-refractivity contribution in [2.24, 2.45) is 0 Å². The van der Waals surface area contributed by atoms with E-state index < -0.39 is 29.7 Å². The zero-order valence-electron chi connectivity index (χ0n) is 17.0. The Kier molecular flexibility index (Phi) is 6.79. The number of alkyl halides is 3. The van der Waals surface area contributed by atoms with Gasteiger partial charge in [-0.3, -0.25) is 9.63 Å². The Labute approximate surface area is 177 Å². The van der Waals surface area contributed by atoms with E-state index in [0.29, 0.717) is 24.3 Å². The van der Waals surface area contributed by atoms with E-state index in [1.54, 1.807) is 24.0 Å². The normalized spacial score (nSPS) is 18.7. The molecule has 1 aliphatic heterocycles. The molecular weight excluding hydrogens is 415 g/mol. The minimum absolute atomic E-state index is 0.193. The quantitative estimate of drug-likeness (QED) is 0.552. The first-order valence-electron chi connectivity index (χ1n) is 9.64. The van der Waals surface area contributed by atoms with Crippen LogP contribution < -0.4 is 10.4 Å². The van der Waals surface area contributed by atoms with Gasteiger partial charge in [-0.25, -0.2) is 15.3 Å². The summed E-state index contributed by atoms with van der Waals surface area (Å²) in [5.41, 5.74) is 2.55. The Morgan fingerprint density at radius 1 is 1.19 bits per heavy atom. The first kappa shape index (κ1) is 22.5. The molecule has 1 aromatic heterocycles. The highest BCUT2D eigenvalue weighted by Crippen LogP contribution is 2.36. The van der Waals surface area contributed by atoms with Crippen LogP contribution in [0, 0.1) is 0 Å². The molecule has 1 aromatic carbocycles. The zero-order valence-corrected chi connectivity index (χ0v) is 17.0. The molecule has 166 valence electrons. The van der Waals surface area contributed by atoms with Crippen molar-refractivity contribution >= 4 is 17.7 Å². The fraction of sp³-hybridized carbons (Fsp3) is 0.381. The monoisotopic (exact) mass is 437 g/mol. The van der Waals surface area contributed by atoms with Gasteiger partial charge in [0.25, 0.3) is 5.91 Å². The minimum Gasteiger partial charge on any atom is -0.462 e. The van der Waals surface area contributed by atoms with E-state index >= 15 is 0 Å². The van der Waals surface area contributed by atoms with Crippen LogP contribution in [0.2, 0.25) is 0 Å². The Morgan fingerprint density at radius 2 is 1.90 bits per heavy atom. The van der Waals surface area contributed by atoms with Crippen molar-refractivity contribution in [3.8, 4) is 0 Å². The maximum Gasteiger partial charge on any atom is 0.416 e. The molecule has 0 saturated carbocycles. The number of esters is 1. The van der Waals surface area contributed by atoms with E-state index in [9.17, 15) is 22.8 Å². The Morgan fingerprint density at radius 3 is 2.45 bits per heavy atom. The summed E-state index contributed by atoms with van der Waals surface area (Å²) >= 11 is 0. The molecule has 1 aliphatic rings. The number of hydrogen-bond donors (Lipinski definition) is 1. The molecule has 3 rings (SSSR count). The smallest absolute Gasteiger partial charge is 0.416 e. The fourth-order valence-electron chi connectivity index (χ4n) is 3.58. The summed E-state index contributed by atoms with van der Waals surface area (Å²) in [5.74, 6) is -0.632. The van der Waals surface area contributed by atoms with E-state index in [2.05, 4.69) is 10.5 Å². The van der Waals surface area contributed by atoms with Gasteiger partial charge in [0.15, 0.2) is 0 Å². The molecule has 2 atom stereocenters. The minimum atomic E-state index is -4.41. The van der Waals surface area contributed by atoms with Crippen molar-refractivity contribution in [2.45, 2.75) is 31.5 Å². The van der Waals surface area contributed by atoms with Gasteiger partial charge >= 0.3 is 12.1 Å². The highest BCUT2D eigenvalue weighted by molar-refractivity contribution is 5.89. The SMILES string of the molecule is CCOC(=O)c1ccc(N2CC(c3ccc(C(F)(F)F)cc3)C[C@H]2C(=O)NOC)nc1. The fourth-order valence-corrected chi connectivity index (χ4v) is 3.58. The van der Waals surface area contributed by atoms with Crippen LogP contribution in [0.1, 0.15) is 40.7 Å². The van der Waals surface area contributed by atoms with Gasteiger partial charge in [-0.2, -0.15) is 13.2 Å². The number of aromatic nitrogens is 1. The Balaban J connectivity index is 1.84. The number of hydroxylamine groups is 1. The van der Waals surface area contributed by atoms with Gasteiger partial charge in [-0.15, -0.1) is 0 Å². The number of anilines is 1. The van der Waals surface area contributed by atoms with Gasteiger partial charge in [0.05, 0.1) is 24.8 Å². The number of halogens is 3. The second-order valence-corrected chi connectivity index (χ2v) is 7.02. The molecule has 1 fully saturated rings. The maximum absolute atomic E-state index is 12.9. The number of benzene rings is 1. The van der Waals surface area contributed by atoms with Crippen LogP contribution in [0.15, 0.2) is 42.6 Å². The lowest BCUT2D eigenvalue weighted by atomic mass is 9.95. The molecule has 7 nitrogen and oxygen atoms in total. The lowest BCUT2D eigenvalue weighted by molar-refractivity contribution is -0.137. The van der Waals surface area contributed by atoms with Gasteiger partial charge < -0.3 is 9.64 Å². The zero-order chi connectivity index (χ0) is 22.6. The number of ether oxygens (including phenoxy) is 1. The molecule has 1 amide bonds. The van der Waals surface area contributed by atoms with Gasteiger partial charge in [-0.1, -0.05) is 12.1 Å². The number of amides is 1. The summed E-state index contributed by atoms with van der Waals surface area (Å²) in [6.45, 7) is 2.30. The molecular formula is C21H22F3N3O4. The van der Waals surface area contributed by atoms with Gasteiger partial charge in [0, 0.05) is 18.7 Å². The average molecular weight is 437 g/mol. The first-order chi connectivity index (χ1) is 14.7. The lowest BCUT2D eigenvalue weighted by Gasteiger charge is -2.24. The highest BCUT2D eigenvalue weighted by atomic mass is 19.4. The van der Waals surface area contributed by atoms with Crippen molar-refractivity contribution in [3.05, 3.63) is 59.3 Å². The topological polar surface area (TPSA) is 80.8 Å². The second-order valence-electron chi connectivity index (χ2n) is 7.02. The van der Waals surface area contributed by atoms with Crippen LogP contribution in [-0.4, -0.2) is 43.2 Å². The van der Waals surface area contributed by atoms with E-state index in [-0.39, 0.29) is 18.1 Å². The largest absolute Gasteiger partial charge is 0.462 e.